The maximum Gasteiger partial charge on any atom is 0.264 e. The SMILES string of the molecule is COc1cccc(NS(=O)(=O)c2ccc(Cl)cc2F)c1. The van der Waals surface area contributed by atoms with Crippen molar-refractivity contribution in [3.05, 3.63) is 53.3 Å². The first kappa shape index (κ1) is 14.6. The second-order valence-corrected chi connectivity index (χ2v) is 6.00. The van der Waals surface area contributed by atoms with E-state index in [1.165, 1.54) is 25.3 Å². The van der Waals surface area contributed by atoms with E-state index in [0.717, 1.165) is 12.1 Å². The Balaban J connectivity index is 2.35. The summed E-state index contributed by atoms with van der Waals surface area (Å²) in [4.78, 5) is -0.468. The number of hydrogen-bond acceptors (Lipinski definition) is 3. The van der Waals surface area contributed by atoms with Crippen molar-refractivity contribution < 1.29 is 17.5 Å². The molecule has 2 aromatic carbocycles. The molecule has 2 aromatic rings. The Labute approximate surface area is 121 Å². The molecular weight excluding hydrogens is 305 g/mol. The van der Waals surface area contributed by atoms with Crippen LogP contribution in [0.15, 0.2) is 47.4 Å². The monoisotopic (exact) mass is 315 g/mol. The minimum atomic E-state index is -4.02. The number of anilines is 1. The van der Waals surface area contributed by atoms with Gasteiger partial charge in [0.1, 0.15) is 16.5 Å². The molecule has 0 bridgehead atoms. The predicted molar refractivity (Wildman–Crippen MR) is 75.2 cm³/mol. The number of sulfonamides is 1. The number of nitrogens with one attached hydrogen (secondary N) is 1. The summed E-state index contributed by atoms with van der Waals surface area (Å²) in [5, 5.41) is 0.128. The van der Waals surface area contributed by atoms with Crippen molar-refractivity contribution in [3.63, 3.8) is 0 Å². The quantitative estimate of drug-likeness (QED) is 0.942. The molecule has 20 heavy (non-hydrogen) atoms. The Kier molecular flexibility index (Phi) is 4.15. The van der Waals surface area contributed by atoms with E-state index in [1.54, 1.807) is 12.1 Å². The van der Waals surface area contributed by atoms with Crippen molar-refractivity contribution in [2.75, 3.05) is 11.8 Å². The van der Waals surface area contributed by atoms with Crippen LogP contribution in [0, 0.1) is 5.82 Å². The fourth-order valence-electron chi connectivity index (χ4n) is 1.59. The van der Waals surface area contributed by atoms with Crippen molar-refractivity contribution in [2.45, 2.75) is 4.90 Å². The van der Waals surface area contributed by atoms with Crippen LogP contribution >= 0.6 is 11.6 Å². The molecule has 1 N–H and O–H groups in total. The molecule has 0 saturated carbocycles. The van der Waals surface area contributed by atoms with Gasteiger partial charge in [-0.3, -0.25) is 4.72 Å². The number of ether oxygens (including phenoxy) is 1. The average Bonchev–Trinajstić information content (AvgIpc) is 2.37. The number of methoxy groups -OCH3 is 1. The number of rotatable bonds is 4. The minimum Gasteiger partial charge on any atom is -0.497 e. The van der Waals surface area contributed by atoms with Crippen molar-refractivity contribution in [2.24, 2.45) is 0 Å². The summed E-state index contributed by atoms with van der Waals surface area (Å²) in [6.45, 7) is 0. The lowest BCUT2D eigenvalue weighted by molar-refractivity contribution is 0.415. The third-order valence-corrected chi connectivity index (χ3v) is 4.16. The van der Waals surface area contributed by atoms with E-state index in [-0.39, 0.29) is 10.7 Å². The Bertz CT molecular complexity index is 734. The lowest BCUT2D eigenvalue weighted by Crippen LogP contribution is -2.14. The lowest BCUT2D eigenvalue weighted by Gasteiger charge is -2.10. The van der Waals surface area contributed by atoms with E-state index < -0.39 is 20.7 Å². The molecule has 0 heterocycles. The molecular formula is C13H11ClFNO3S. The van der Waals surface area contributed by atoms with E-state index in [4.69, 9.17) is 16.3 Å². The zero-order valence-electron chi connectivity index (χ0n) is 10.4. The fourth-order valence-corrected chi connectivity index (χ4v) is 2.86. The van der Waals surface area contributed by atoms with Gasteiger partial charge in [-0.2, -0.15) is 0 Å². The summed E-state index contributed by atoms with van der Waals surface area (Å²) in [5.41, 5.74) is 0.277. The maximum atomic E-state index is 13.7. The van der Waals surface area contributed by atoms with Crippen LogP contribution in [-0.2, 0) is 10.0 Å². The van der Waals surface area contributed by atoms with Crippen molar-refractivity contribution in [3.8, 4) is 5.75 Å². The summed E-state index contributed by atoms with van der Waals surface area (Å²) in [6, 6.07) is 9.68. The highest BCUT2D eigenvalue weighted by molar-refractivity contribution is 7.92. The molecule has 7 heteroatoms. The molecule has 0 unspecified atom stereocenters. The van der Waals surface area contributed by atoms with E-state index in [2.05, 4.69) is 4.72 Å². The van der Waals surface area contributed by atoms with Crippen LogP contribution in [0.4, 0.5) is 10.1 Å². The Hall–Kier alpha value is -1.79. The number of halogens is 2. The summed E-state index contributed by atoms with van der Waals surface area (Å²) in [5.74, 6) is -0.422. The predicted octanol–water partition coefficient (Wildman–Crippen LogP) is 3.29. The molecule has 0 radical (unpaired) electrons. The largest absolute Gasteiger partial charge is 0.497 e. The van der Waals surface area contributed by atoms with Gasteiger partial charge in [-0.1, -0.05) is 17.7 Å². The topological polar surface area (TPSA) is 55.4 Å². The molecule has 0 aliphatic rings. The van der Waals surface area contributed by atoms with Crippen LogP contribution in [0.3, 0.4) is 0 Å². The molecule has 0 aliphatic heterocycles. The normalized spacial score (nSPS) is 11.2. The second-order valence-electron chi connectivity index (χ2n) is 3.91. The van der Waals surface area contributed by atoms with Crippen molar-refractivity contribution in [1.29, 1.82) is 0 Å². The Morgan fingerprint density at radius 1 is 1.20 bits per heavy atom. The van der Waals surface area contributed by atoms with Gasteiger partial charge in [-0.25, -0.2) is 12.8 Å². The first-order valence-electron chi connectivity index (χ1n) is 5.54. The van der Waals surface area contributed by atoms with Gasteiger partial charge in [0.05, 0.1) is 12.8 Å². The van der Waals surface area contributed by atoms with Gasteiger partial charge in [0.15, 0.2) is 0 Å². The number of hydrogen-bond donors (Lipinski definition) is 1. The van der Waals surface area contributed by atoms with E-state index in [9.17, 15) is 12.8 Å². The van der Waals surface area contributed by atoms with Gasteiger partial charge in [0.2, 0.25) is 0 Å². The van der Waals surface area contributed by atoms with Gasteiger partial charge in [0.25, 0.3) is 10.0 Å². The molecule has 0 fully saturated rings. The first-order chi connectivity index (χ1) is 9.42. The summed E-state index contributed by atoms with van der Waals surface area (Å²) >= 11 is 5.60. The van der Waals surface area contributed by atoms with Gasteiger partial charge in [-0.15, -0.1) is 0 Å². The van der Waals surface area contributed by atoms with Crippen LogP contribution in [0.1, 0.15) is 0 Å². The Morgan fingerprint density at radius 2 is 1.95 bits per heavy atom. The smallest absolute Gasteiger partial charge is 0.264 e. The highest BCUT2D eigenvalue weighted by Gasteiger charge is 2.19. The molecule has 2 rings (SSSR count). The average molecular weight is 316 g/mol. The molecule has 0 amide bonds. The van der Waals surface area contributed by atoms with E-state index in [0.29, 0.717) is 5.75 Å². The molecule has 0 atom stereocenters. The van der Waals surface area contributed by atoms with Crippen LogP contribution in [0.2, 0.25) is 5.02 Å². The third-order valence-electron chi connectivity index (χ3n) is 2.51. The molecule has 0 saturated heterocycles. The van der Waals surface area contributed by atoms with E-state index in [1.807, 2.05) is 0 Å². The number of benzene rings is 2. The lowest BCUT2D eigenvalue weighted by atomic mass is 10.3. The molecule has 0 spiro atoms. The van der Waals surface area contributed by atoms with E-state index >= 15 is 0 Å². The van der Waals surface area contributed by atoms with Crippen LogP contribution in [0.25, 0.3) is 0 Å². The Morgan fingerprint density at radius 3 is 2.60 bits per heavy atom. The molecule has 4 nitrogen and oxygen atoms in total. The highest BCUT2D eigenvalue weighted by Crippen LogP contribution is 2.23. The molecule has 0 aliphatic carbocycles. The molecule has 106 valence electrons. The van der Waals surface area contributed by atoms with Crippen LogP contribution < -0.4 is 9.46 Å². The van der Waals surface area contributed by atoms with Crippen LogP contribution in [-0.4, -0.2) is 15.5 Å². The third kappa shape index (κ3) is 3.20. The highest BCUT2D eigenvalue weighted by atomic mass is 35.5. The van der Waals surface area contributed by atoms with Gasteiger partial charge >= 0.3 is 0 Å². The van der Waals surface area contributed by atoms with Crippen LogP contribution in [0.5, 0.6) is 5.75 Å². The zero-order chi connectivity index (χ0) is 14.8. The fraction of sp³-hybridized carbons (Fsp3) is 0.0769. The molecule has 0 aromatic heterocycles. The summed E-state index contributed by atoms with van der Waals surface area (Å²) in [7, 11) is -2.56. The van der Waals surface area contributed by atoms with Crippen molar-refractivity contribution in [1.82, 2.24) is 0 Å². The summed E-state index contributed by atoms with van der Waals surface area (Å²) < 4.78 is 45.1. The maximum absolute atomic E-state index is 13.7. The zero-order valence-corrected chi connectivity index (χ0v) is 12.0. The minimum absolute atomic E-state index is 0.128. The standard InChI is InChI=1S/C13H11ClFNO3S/c1-19-11-4-2-3-10(8-11)16-20(17,18)13-6-5-9(14)7-12(13)15/h2-8,16H,1H3. The van der Waals surface area contributed by atoms with Gasteiger partial charge < -0.3 is 4.74 Å². The van der Waals surface area contributed by atoms with Gasteiger partial charge in [-0.05, 0) is 30.3 Å². The second kappa shape index (κ2) is 5.68. The van der Waals surface area contributed by atoms with Gasteiger partial charge in [0, 0.05) is 11.1 Å². The first-order valence-corrected chi connectivity index (χ1v) is 7.40. The van der Waals surface area contributed by atoms with Crippen molar-refractivity contribution >= 4 is 27.3 Å². The summed E-state index contributed by atoms with van der Waals surface area (Å²) in [6.07, 6.45) is 0.